The number of hydrogen-bond acceptors (Lipinski definition) is 3. The molecule has 0 unspecified atom stereocenters. The average Bonchev–Trinajstić information content (AvgIpc) is 2.37. The quantitative estimate of drug-likeness (QED) is 0.933. The predicted octanol–water partition coefficient (Wildman–Crippen LogP) is 3.73. The Kier molecular flexibility index (Phi) is 4.09. The largest absolute Gasteiger partial charge is 0.368 e. The van der Waals surface area contributed by atoms with Gasteiger partial charge < -0.3 is 5.32 Å². The van der Waals surface area contributed by atoms with Crippen molar-refractivity contribution in [2.45, 2.75) is 13.3 Å². The number of rotatable bonds is 4. The third-order valence-corrected chi connectivity index (χ3v) is 3.06. The minimum absolute atomic E-state index is 0.834. The molecule has 0 atom stereocenters. The van der Waals surface area contributed by atoms with Crippen LogP contribution < -0.4 is 5.32 Å². The molecule has 0 saturated carbocycles. The zero-order valence-corrected chi connectivity index (χ0v) is 11.2. The molecule has 0 bridgehead atoms. The van der Waals surface area contributed by atoms with Crippen LogP contribution in [0.15, 0.2) is 41.1 Å². The summed E-state index contributed by atoms with van der Waals surface area (Å²) in [6.45, 7) is 3.03. The molecule has 1 heterocycles. The molecular formula is C13H14BrN3. The van der Waals surface area contributed by atoms with E-state index < -0.39 is 0 Å². The molecule has 1 aromatic heterocycles. The number of aromatic nitrogens is 2. The molecule has 3 nitrogen and oxygen atoms in total. The van der Waals surface area contributed by atoms with Crippen LogP contribution in [0.2, 0.25) is 0 Å². The molecule has 1 N–H and O–H groups in total. The van der Waals surface area contributed by atoms with E-state index in [1.165, 1.54) is 0 Å². The molecule has 0 radical (unpaired) electrons. The van der Waals surface area contributed by atoms with E-state index >= 15 is 0 Å². The van der Waals surface area contributed by atoms with E-state index in [1.54, 1.807) is 12.4 Å². The highest BCUT2D eigenvalue weighted by Gasteiger charge is 2.09. The first-order valence-corrected chi connectivity index (χ1v) is 6.42. The van der Waals surface area contributed by atoms with Crippen LogP contribution in [0.4, 0.5) is 5.82 Å². The maximum absolute atomic E-state index is 4.41. The molecule has 0 amide bonds. The van der Waals surface area contributed by atoms with Gasteiger partial charge in [-0.05, 0) is 12.5 Å². The van der Waals surface area contributed by atoms with Gasteiger partial charge in [-0.25, -0.2) is 4.98 Å². The highest BCUT2D eigenvalue weighted by Crippen LogP contribution is 2.30. The van der Waals surface area contributed by atoms with Crippen LogP contribution >= 0.6 is 15.9 Å². The average molecular weight is 292 g/mol. The van der Waals surface area contributed by atoms with Crippen molar-refractivity contribution in [2.75, 3.05) is 11.9 Å². The normalized spacial score (nSPS) is 10.2. The molecule has 0 saturated heterocycles. The first-order valence-electron chi connectivity index (χ1n) is 5.62. The van der Waals surface area contributed by atoms with Crippen molar-refractivity contribution < 1.29 is 0 Å². The van der Waals surface area contributed by atoms with Gasteiger partial charge in [0.15, 0.2) is 5.82 Å². The molecule has 4 heteroatoms. The van der Waals surface area contributed by atoms with E-state index in [-0.39, 0.29) is 0 Å². The maximum atomic E-state index is 4.41. The first kappa shape index (κ1) is 12.0. The Balaban J connectivity index is 2.41. The van der Waals surface area contributed by atoms with Gasteiger partial charge in [-0.15, -0.1) is 0 Å². The maximum Gasteiger partial charge on any atom is 0.152 e. The lowest BCUT2D eigenvalue weighted by Crippen LogP contribution is -2.04. The summed E-state index contributed by atoms with van der Waals surface area (Å²) in [7, 11) is 0. The van der Waals surface area contributed by atoms with Crippen molar-refractivity contribution in [3.05, 3.63) is 41.1 Å². The Morgan fingerprint density at radius 1 is 1.18 bits per heavy atom. The second kappa shape index (κ2) is 5.77. The van der Waals surface area contributed by atoms with Gasteiger partial charge in [-0.1, -0.05) is 41.1 Å². The number of nitrogens with one attached hydrogen (secondary N) is 1. The Morgan fingerprint density at radius 2 is 1.94 bits per heavy atom. The molecule has 0 fully saturated rings. The number of nitrogens with zero attached hydrogens (tertiary/aromatic N) is 2. The van der Waals surface area contributed by atoms with Crippen molar-refractivity contribution in [3.8, 4) is 11.3 Å². The van der Waals surface area contributed by atoms with Gasteiger partial charge >= 0.3 is 0 Å². The van der Waals surface area contributed by atoms with Crippen LogP contribution in [-0.2, 0) is 0 Å². The Morgan fingerprint density at radius 3 is 2.71 bits per heavy atom. The van der Waals surface area contributed by atoms with E-state index in [2.05, 4.69) is 38.1 Å². The molecule has 0 aliphatic carbocycles. The fourth-order valence-electron chi connectivity index (χ4n) is 1.56. The van der Waals surface area contributed by atoms with Crippen LogP contribution in [0.3, 0.4) is 0 Å². The summed E-state index contributed by atoms with van der Waals surface area (Å²) in [6.07, 6.45) is 4.48. The van der Waals surface area contributed by atoms with Crippen molar-refractivity contribution in [1.29, 1.82) is 0 Å². The van der Waals surface area contributed by atoms with Crippen LogP contribution in [0.5, 0.6) is 0 Å². The topological polar surface area (TPSA) is 37.8 Å². The smallest absolute Gasteiger partial charge is 0.152 e. The van der Waals surface area contributed by atoms with Crippen LogP contribution in [-0.4, -0.2) is 16.5 Å². The molecule has 17 heavy (non-hydrogen) atoms. The summed E-state index contributed by atoms with van der Waals surface area (Å²) in [5.41, 5.74) is 1.94. The predicted molar refractivity (Wildman–Crippen MR) is 73.9 cm³/mol. The molecule has 0 aliphatic heterocycles. The summed E-state index contributed by atoms with van der Waals surface area (Å²) in [4.78, 5) is 8.75. The summed E-state index contributed by atoms with van der Waals surface area (Å²) < 4.78 is 1.03. The van der Waals surface area contributed by atoms with Gasteiger partial charge in [-0.3, -0.25) is 4.98 Å². The molecular weight excluding hydrogens is 278 g/mol. The monoisotopic (exact) mass is 291 g/mol. The lowest BCUT2D eigenvalue weighted by atomic mass is 10.1. The highest BCUT2D eigenvalue weighted by molar-refractivity contribution is 9.10. The third kappa shape index (κ3) is 2.82. The van der Waals surface area contributed by atoms with Crippen LogP contribution in [0.1, 0.15) is 13.3 Å². The number of halogens is 1. The summed E-state index contributed by atoms with van der Waals surface area (Å²) in [6, 6.07) is 8.03. The zero-order valence-electron chi connectivity index (χ0n) is 9.65. The standard InChI is InChI=1S/C13H14BrN3/c1-2-7-16-13-12(15-8-9-17-13)10-5-3-4-6-11(10)14/h3-6,8-9H,2,7H2,1H3,(H,16,17). The third-order valence-electron chi connectivity index (χ3n) is 2.37. The van der Waals surface area contributed by atoms with Crippen molar-refractivity contribution in [2.24, 2.45) is 0 Å². The van der Waals surface area contributed by atoms with Gasteiger partial charge in [0.05, 0.1) is 0 Å². The fraction of sp³-hybridized carbons (Fsp3) is 0.231. The van der Waals surface area contributed by atoms with E-state index in [0.29, 0.717) is 0 Å². The van der Waals surface area contributed by atoms with Gasteiger partial charge in [-0.2, -0.15) is 0 Å². The van der Waals surface area contributed by atoms with Crippen LogP contribution in [0, 0.1) is 0 Å². The Labute approximate surface area is 109 Å². The number of hydrogen-bond donors (Lipinski definition) is 1. The Bertz CT molecular complexity index is 500. The van der Waals surface area contributed by atoms with E-state index in [4.69, 9.17) is 0 Å². The second-order valence-corrected chi connectivity index (χ2v) is 4.51. The van der Waals surface area contributed by atoms with E-state index in [1.807, 2.05) is 24.3 Å². The molecule has 0 aliphatic rings. The zero-order chi connectivity index (χ0) is 12.1. The molecule has 2 rings (SSSR count). The number of benzene rings is 1. The Hall–Kier alpha value is -1.42. The SMILES string of the molecule is CCCNc1nccnc1-c1ccccc1Br. The van der Waals surface area contributed by atoms with Crippen molar-refractivity contribution in [3.63, 3.8) is 0 Å². The van der Waals surface area contributed by atoms with Gasteiger partial charge in [0, 0.05) is 29.0 Å². The number of anilines is 1. The van der Waals surface area contributed by atoms with Crippen LogP contribution in [0.25, 0.3) is 11.3 Å². The second-order valence-electron chi connectivity index (χ2n) is 3.66. The lowest BCUT2D eigenvalue weighted by Gasteiger charge is -2.10. The van der Waals surface area contributed by atoms with Gasteiger partial charge in [0.2, 0.25) is 0 Å². The minimum Gasteiger partial charge on any atom is -0.368 e. The van der Waals surface area contributed by atoms with Crippen molar-refractivity contribution >= 4 is 21.7 Å². The first-order chi connectivity index (χ1) is 8.33. The lowest BCUT2D eigenvalue weighted by molar-refractivity contribution is 0.966. The molecule has 2 aromatic rings. The molecule has 88 valence electrons. The summed E-state index contributed by atoms with van der Waals surface area (Å²) >= 11 is 3.54. The van der Waals surface area contributed by atoms with E-state index in [0.717, 1.165) is 34.5 Å². The van der Waals surface area contributed by atoms with Gasteiger partial charge in [0.1, 0.15) is 5.69 Å². The molecule has 1 aromatic carbocycles. The molecule has 0 spiro atoms. The minimum atomic E-state index is 0.834. The fourth-order valence-corrected chi connectivity index (χ4v) is 2.03. The highest BCUT2D eigenvalue weighted by atomic mass is 79.9. The summed E-state index contributed by atoms with van der Waals surface area (Å²) in [5.74, 6) is 0.834. The van der Waals surface area contributed by atoms with Gasteiger partial charge in [0.25, 0.3) is 0 Å². The van der Waals surface area contributed by atoms with E-state index in [9.17, 15) is 0 Å². The summed E-state index contributed by atoms with van der Waals surface area (Å²) in [5, 5.41) is 3.29. The van der Waals surface area contributed by atoms with Crippen molar-refractivity contribution in [1.82, 2.24) is 9.97 Å².